The number of aromatic hydroxyl groups is 1. The quantitative estimate of drug-likeness (QED) is 0.433. The first-order chi connectivity index (χ1) is 13.5. The van der Waals surface area contributed by atoms with Gasteiger partial charge in [-0.3, -0.25) is 19.3 Å². The lowest BCUT2D eigenvalue weighted by Crippen LogP contribution is -2.31. The molecule has 28 heavy (non-hydrogen) atoms. The van der Waals surface area contributed by atoms with Gasteiger partial charge in [-0.2, -0.15) is 5.10 Å². The number of rotatable bonds is 7. The van der Waals surface area contributed by atoms with Gasteiger partial charge >= 0.3 is 0 Å². The summed E-state index contributed by atoms with van der Waals surface area (Å²) in [6.07, 6.45) is 1.87. The number of nitrogens with zero attached hydrogens (tertiary/aromatic N) is 2. The Morgan fingerprint density at radius 3 is 2.50 bits per heavy atom. The van der Waals surface area contributed by atoms with E-state index in [9.17, 15) is 19.5 Å². The highest BCUT2D eigenvalue weighted by Gasteiger charge is 2.34. The van der Waals surface area contributed by atoms with Crippen molar-refractivity contribution in [2.45, 2.75) is 12.8 Å². The van der Waals surface area contributed by atoms with Crippen LogP contribution < -0.4 is 10.2 Å². The summed E-state index contributed by atoms with van der Waals surface area (Å²) in [4.78, 5) is 37.5. The summed E-state index contributed by atoms with van der Waals surface area (Å²) >= 11 is 0. The molecule has 1 heterocycles. The zero-order valence-electron chi connectivity index (χ0n) is 15.2. The van der Waals surface area contributed by atoms with Gasteiger partial charge in [-0.05, 0) is 42.3 Å². The lowest BCUT2D eigenvalue weighted by Gasteiger charge is -2.12. The second-order valence-corrected chi connectivity index (χ2v) is 6.14. The molecule has 2 aromatic rings. The molecule has 0 fully saturated rings. The van der Waals surface area contributed by atoms with Crippen LogP contribution >= 0.6 is 0 Å². The predicted octanol–water partition coefficient (Wildman–Crippen LogP) is 1.93. The van der Waals surface area contributed by atoms with E-state index in [1.54, 1.807) is 36.4 Å². The van der Waals surface area contributed by atoms with Crippen LogP contribution in [0.5, 0.6) is 11.5 Å². The molecule has 0 saturated heterocycles. The number of ether oxygens (including phenoxy) is 1. The molecule has 0 aromatic heterocycles. The second-order valence-electron chi connectivity index (χ2n) is 6.14. The lowest BCUT2D eigenvalue weighted by atomic mass is 10.1. The topological polar surface area (TPSA) is 108 Å². The van der Waals surface area contributed by atoms with E-state index >= 15 is 0 Å². The minimum Gasteiger partial charge on any atom is -0.504 e. The summed E-state index contributed by atoms with van der Waals surface area (Å²) in [6.45, 7) is 0.165. The molecule has 2 aromatic carbocycles. The third kappa shape index (κ3) is 4.01. The first-order valence-corrected chi connectivity index (χ1v) is 8.65. The molecule has 144 valence electrons. The van der Waals surface area contributed by atoms with Gasteiger partial charge in [0.1, 0.15) is 0 Å². The van der Waals surface area contributed by atoms with Crippen molar-refractivity contribution < 1.29 is 24.2 Å². The summed E-state index contributed by atoms with van der Waals surface area (Å²) in [7, 11) is 1.44. The molecule has 0 bridgehead atoms. The number of phenols is 1. The van der Waals surface area contributed by atoms with E-state index in [0.29, 0.717) is 28.9 Å². The van der Waals surface area contributed by atoms with E-state index in [4.69, 9.17) is 4.74 Å². The third-order valence-electron chi connectivity index (χ3n) is 4.27. The van der Waals surface area contributed by atoms with Crippen LogP contribution in [0.1, 0.15) is 39.1 Å². The number of amides is 3. The third-order valence-corrected chi connectivity index (χ3v) is 4.27. The van der Waals surface area contributed by atoms with Gasteiger partial charge in [-0.15, -0.1) is 0 Å². The summed E-state index contributed by atoms with van der Waals surface area (Å²) in [6, 6.07) is 11.3. The van der Waals surface area contributed by atoms with Crippen molar-refractivity contribution >= 4 is 23.9 Å². The fraction of sp³-hybridized carbons (Fsp3) is 0.200. The highest BCUT2D eigenvalue weighted by Crippen LogP contribution is 2.25. The van der Waals surface area contributed by atoms with E-state index in [1.165, 1.54) is 19.4 Å². The van der Waals surface area contributed by atoms with Gasteiger partial charge < -0.3 is 9.84 Å². The molecule has 3 amide bonds. The maximum absolute atomic E-state index is 12.2. The number of nitrogens with one attached hydrogen (secondary N) is 1. The second kappa shape index (κ2) is 8.34. The number of methoxy groups -OCH3 is 1. The molecule has 8 heteroatoms. The Kier molecular flexibility index (Phi) is 5.69. The van der Waals surface area contributed by atoms with Crippen molar-refractivity contribution in [3.8, 4) is 11.5 Å². The van der Waals surface area contributed by atoms with Crippen LogP contribution in [0.4, 0.5) is 0 Å². The van der Waals surface area contributed by atoms with E-state index in [-0.39, 0.29) is 36.4 Å². The molecule has 0 saturated carbocycles. The largest absolute Gasteiger partial charge is 0.504 e. The van der Waals surface area contributed by atoms with Gasteiger partial charge in [0.2, 0.25) is 5.91 Å². The Morgan fingerprint density at radius 1 is 1.18 bits per heavy atom. The van der Waals surface area contributed by atoms with E-state index in [1.807, 2.05) is 0 Å². The predicted molar refractivity (Wildman–Crippen MR) is 101 cm³/mol. The van der Waals surface area contributed by atoms with Gasteiger partial charge in [0, 0.05) is 13.0 Å². The molecule has 1 aliphatic heterocycles. The Hall–Kier alpha value is -3.68. The molecule has 0 spiro atoms. The van der Waals surface area contributed by atoms with Crippen molar-refractivity contribution in [2.24, 2.45) is 5.10 Å². The average Bonchev–Trinajstić information content (AvgIpc) is 2.94. The van der Waals surface area contributed by atoms with Crippen molar-refractivity contribution in [3.05, 3.63) is 59.2 Å². The molecule has 0 unspecified atom stereocenters. The normalized spacial score (nSPS) is 13.1. The fourth-order valence-corrected chi connectivity index (χ4v) is 2.85. The number of hydrogen-bond donors (Lipinski definition) is 2. The van der Waals surface area contributed by atoms with Gasteiger partial charge in [-0.1, -0.05) is 12.1 Å². The standard InChI is InChI=1S/C20H19N3O5/c1-28-17-11-13(8-9-16(17)24)12-21-22-18(25)7-4-10-23-19(26)14-5-2-3-6-15(14)20(23)27/h2-3,5-6,8-9,11-12,24H,4,7,10H2,1H3,(H,22,25)/b21-12-. The summed E-state index contributed by atoms with van der Waals surface area (Å²) in [5, 5.41) is 13.4. The van der Waals surface area contributed by atoms with Crippen molar-refractivity contribution in [2.75, 3.05) is 13.7 Å². The van der Waals surface area contributed by atoms with Gasteiger partial charge in [0.25, 0.3) is 11.8 Å². The maximum Gasteiger partial charge on any atom is 0.261 e. The zero-order valence-corrected chi connectivity index (χ0v) is 15.2. The Morgan fingerprint density at radius 2 is 1.86 bits per heavy atom. The monoisotopic (exact) mass is 381 g/mol. The molecule has 3 rings (SSSR count). The number of benzene rings is 2. The van der Waals surface area contributed by atoms with Crippen LogP contribution in [0, 0.1) is 0 Å². The fourth-order valence-electron chi connectivity index (χ4n) is 2.85. The first-order valence-electron chi connectivity index (χ1n) is 8.65. The maximum atomic E-state index is 12.2. The molecule has 8 nitrogen and oxygen atoms in total. The number of carbonyl (C=O) groups excluding carboxylic acids is 3. The number of hydrogen-bond acceptors (Lipinski definition) is 6. The molecular formula is C20H19N3O5. The van der Waals surface area contributed by atoms with E-state index < -0.39 is 0 Å². The number of fused-ring (bicyclic) bond motifs is 1. The van der Waals surface area contributed by atoms with Gasteiger partial charge in [-0.25, -0.2) is 5.43 Å². The molecule has 0 radical (unpaired) electrons. The number of carbonyl (C=O) groups is 3. The van der Waals surface area contributed by atoms with Crippen molar-refractivity contribution in [3.63, 3.8) is 0 Å². The molecule has 1 aliphatic rings. The van der Waals surface area contributed by atoms with Crippen molar-refractivity contribution in [1.82, 2.24) is 10.3 Å². The Bertz CT molecular complexity index is 920. The van der Waals surface area contributed by atoms with E-state index in [0.717, 1.165) is 4.90 Å². The summed E-state index contributed by atoms with van der Waals surface area (Å²) in [5.41, 5.74) is 3.82. The lowest BCUT2D eigenvalue weighted by molar-refractivity contribution is -0.121. The Balaban J connectivity index is 1.47. The first kappa shape index (κ1) is 19.1. The zero-order chi connectivity index (χ0) is 20.1. The summed E-state index contributed by atoms with van der Waals surface area (Å²) < 4.78 is 5.00. The van der Waals surface area contributed by atoms with Crippen LogP contribution in [0.2, 0.25) is 0 Å². The molecule has 0 atom stereocenters. The van der Waals surface area contributed by atoms with Gasteiger partial charge in [0.05, 0.1) is 24.5 Å². The van der Waals surface area contributed by atoms with Crippen molar-refractivity contribution in [1.29, 1.82) is 0 Å². The molecule has 0 aliphatic carbocycles. The highest BCUT2D eigenvalue weighted by atomic mass is 16.5. The van der Waals surface area contributed by atoms with Crippen LogP contribution in [-0.2, 0) is 4.79 Å². The highest BCUT2D eigenvalue weighted by molar-refractivity contribution is 6.21. The van der Waals surface area contributed by atoms with Crippen LogP contribution in [-0.4, -0.2) is 47.6 Å². The number of imide groups is 1. The van der Waals surface area contributed by atoms with Gasteiger partial charge in [0.15, 0.2) is 11.5 Å². The van der Waals surface area contributed by atoms with Crippen LogP contribution in [0.15, 0.2) is 47.6 Å². The number of hydrazone groups is 1. The smallest absolute Gasteiger partial charge is 0.261 e. The number of phenolic OH excluding ortho intramolecular Hbond substituents is 1. The molecule has 2 N–H and O–H groups in total. The average molecular weight is 381 g/mol. The van der Waals surface area contributed by atoms with Crippen LogP contribution in [0.3, 0.4) is 0 Å². The minimum atomic E-state index is -0.335. The molecular weight excluding hydrogens is 362 g/mol. The van der Waals surface area contributed by atoms with Crippen LogP contribution in [0.25, 0.3) is 0 Å². The Labute approximate surface area is 161 Å². The SMILES string of the molecule is COc1cc(/C=N\NC(=O)CCCN2C(=O)c3ccccc3C2=O)ccc1O. The summed E-state index contributed by atoms with van der Waals surface area (Å²) in [5.74, 6) is -0.688. The minimum absolute atomic E-state index is 0.0110. The van der Waals surface area contributed by atoms with E-state index in [2.05, 4.69) is 10.5 Å².